The zero-order valence-electron chi connectivity index (χ0n) is 11.2. The van der Waals surface area contributed by atoms with Crippen molar-refractivity contribution in [2.45, 2.75) is 27.3 Å². The van der Waals surface area contributed by atoms with Crippen molar-refractivity contribution in [1.29, 1.82) is 0 Å². The highest BCUT2D eigenvalue weighted by atomic mass is 15.3. The third kappa shape index (κ3) is 2.42. The lowest BCUT2D eigenvalue weighted by molar-refractivity contribution is 0.756. The van der Waals surface area contributed by atoms with Crippen LogP contribution in [0.1, 0.15) is 22.6 Å². The van der Waals surface area contributed by atoms with Gasteiger partial charge < -0.3 is 11.1 Å². The summed E-state index contributed by atoms with van der Waals surface area (Å²) in [4.78, 5) is 8.48. The van der Waals surface area contributed by atoms with Gasteiger partial charge in [-0.25, -0.2) is 9.97 Å². The van der Waals surface area contributed by atoms with Gasteiger partial charge in [0.05, 0.1) is 5.69 Å². The molecule has 0 atom stereocenters. The Balaban J connectivity index is 2.18. The largest absolute Gasteiger partial charge is 0.383 e. The van der Waals surface area contributed by atoms with Gasteiger partial charge in [-0.15, -0.1) is 0 Å². The van der Waals surface area contributed by atoms with Crippen LogP contribution in [0.15, 0.2) is 6.20 Å². The number of nitrogens with one attached hydrogen (secondary N) is 1. The Labute approximate surface area is 106 Å². The maximum Gasteiger partial charge on any atom is 0.135 e. The van der Waals surface area contributed by atoms with Crippen molar-refractivity contribution in [3.8, 4) is 0 Å². The van der Waals surface area contributed by atoms with Gasteiger partial charge in [0.15, 0.2) is 0 Å². The minimum atomic E-state index is 0.521. The van der Waals surface area contributed by atoms with E-state index in [1.54, 1.807) is 4.68 Å². The first-order valence-corrected chi connectivity index (χ1v) is 5.81. The van der Waals surface area contributed by atoms with Crippen LogP contribution in [0.25, 0.3) is 0 Å². The van der Waals surface area contributed by atoms with E-state index in [-0.39, 0.29) is 0 Å². The summed E-state index contributed by atoms with van der Waals surface area (Å²) in [7, 11) is 1.91. The molecule has 2 aromatic rings. The predicted molar refractivity (Wildman–Crippen MR) is 71.2 cm³/mol. The topological polar surface area (TPSA) is 81.6 Å². The van der Waals surface area contributed by atoms with Gasteiger partial charge in [-0.2, -0.15) is 5.10 Å². The van der Waals surface area contributed by atoms with E-state index in [9.17, 15) is 0 Å². The Hall–Kier alpha value is -2.11. The molecule has 2 rings (SSSR count). The number of nitrogens with two attached hydrogens (primary N) is 1. The second-order valence-electron chi connectivity index (χ2n) is 4.40. The molecule has 2 heterocycles. The van der Waals surface area contributed by atoms with E-state index in [4.69, 9.17) is 5.73 Å². The summed E-state index contributed by atoms with van der Waals surface area (Å²) in [5.41, 5.74) is 8.85. The highest BCUT2D eigenvalue weighted by Gasteiger charge is 2.08. The molecule has 0 saturated heterocycles. The summed E-state index contributed by atoms with van der Waals surface area (Å²) in [5, 5.41) is 7.58. The lowest BCUT2D eigenvalue weighted by atomic mass is 10.2. The maximum absolute atomic E-state index is 5.82. The Morgan fingerprint density at radius 2 is 2.00 bits per heavy atom. The van der Waals surface area contributed by atoms with Crippen molar-refractivity contribution in [2.24, 2.45) is 7.05 Å². The molecule has 6 nitrogen and oxygen atoms in total. The average molecular weight is 246 g/mol. The molecule has 6 heteroatoms. The zero-order chi connectivity index (χ0) is 13.3. The fourth-order valence-electron chi connectivity index (χ4n) is 1.82. The van der Waals surface area contributed by atoms with Crippen molar-refractivity contribution in [3.05, 3.63) is 28.8 Å². The summed E-state index contributed by atoms with van der Waals surface area (Å²) < 4.78 is 1.80. The molecule has 0 spiro atoms. The summed E-state index contributed by atoms with van der Waals surface area (Å²) in [6.45, 7) is 6.41. The third-order valence-electron chi connectivity index (χ3n) is 2.86. The Kier molecular flexibility index (Phi) is 3.18. The second-order valence-corrected chi connectivity index (χ2v) is 4.40. The third-order valence-corrected chi connectivity index (χ3v) is 2.86. The number of anilines is 2. The molecule has 0 amide bonds. The molecule has 0 fully saturated rings. The molecular weight excluding hydrogens is 228 g/mol. The average Bonchev–Trinajstić information content (AvgIpc) is 2.60. The summed E-state index contributed by atoms with van der Waals surface area (Å²) >= 11 is 0. The molecule has 0 bridgehead atoms. The van der Waals surface area contributed by atoms with Crippen LogP contribution in [-0.2, 0) is 13.6 Å². The highest BCUT2D eigenvalue weighted by molar-refractivity contribution is 5.54. The standard InChI is InChI=1S/C12H18N6/c1-7-11(13)15-9(3)16-12(7)14-5-10-6-18(4)17-8(10)2/h6H,5H2,1-4H3,(H3,13,14,15,16). The van der Waals surface area contributed by atoms with Gasteiger partial charge in [0.25, 0.3) is 0 Å². The maximum atomic E-state index is 5.82. The molecule has 0 aliphatic rings. The fraction of sp³-hybridized carbons (Fsp3) is 0.417. The first-order valence-electron chi connectivity index (χ1n) is 5.81. The molecular formula is C12H18N6. The molecule has 96 valence electrons. The number of rotatable bonds is 3. The normalized spacial score (nSPS) is 10.7. The van der Waals surface area contributed by atoms with Crippen LogP contribution in [0.2, 0.25) is 0 Å². The number of nitrogen functional groups attached to an aromatic ring is 1. The zero-order valence-corrected chi connectivity index (χ0v) is 11.2. The lowest BCUT2D eigenvalue weighted by Gasteiger charge is -2.10. The second kappa shape index (κ2) is 4.64. The van der Waals surface area contributed by atoms with Crippen molar-refractivity contribution < 1.29 is 0 Å². The molecule has 0 radical (unpaired) electrons. The Bertz CT molecular complexity index is 572. The van der Waals surface area contributed by atoms with Crippen LogP contribution >= 0.6 is 0 Å². The number of aromatic nitrogens is 4. The minimum Gasteiger partial charge on any atom is -0.383 e. The SMILES string of the molecule is Cc1nc(N)c(C)c(NCc2cn(C)nc2C)n1. The number of aryl methyl sites for hydroxylation is 3. The van der Waals surface area contributed by atoms with Gasteiger partial charge in [0.2, 0.25) is 0 Å². The smallest absolute Gasteiger partial charge is 0.135 e. The van der Waals surface area contributed by atoms with E-state index in [2.05, 4.69) is 20.4 Å². The van der Waals surface area contributed by atoms with Crippen molar-refractivity contribution >= 4 is 11.6 Å². The predicted octanol–water partition coefficient (Wildman–Crippen LogP) is 1.33. The molecule has 18 heavy (non-hydrogen) atoms. The summed E-state index contributed by atoms with van der Waals surface area (Å²) in [6, 6.07) is 0. The Morgan fingerprint density at radius 3 is 2.61 bits per heavy atom. The lowest BCUT2D eigenvalue weighted by Crippen LogP contribution is -2.08. The fourth-order valence-corrected chi connectivity index (χ4v) is 1.82. The van der Waals surface area contributed by atoms with Crippen LogP contribution in [0.4, 0.5) is 11.6 Å². The van der Waals surface area contributed by atoms with Gasteiger partial charge in [-0.3, -0.25) is 4.68 Å². The van der Waals surface area contributed by atoms with Crippen molar-refractivity contribution in [1.82, 2.24) is 19.7 Å². The van der Waals surface area contributed by atoms with E-state index in [1.165, 1.54) is 0 Å². The van der Waals surface area contributed by atoms with Crippen LogP contribution in [-0.4, -0.2) is 19.7 Å². The van der Waals surface area contributed by atoms with Crippen LogP contribution in [0, 0.1) is 20.8 Å². The number of hydrogen-bond donors (Lipinski definition) is 2. The quantitative estimate of drug-likeness (QED) is 0.853. The first-order chi connectivity index (χ1) is 8.47. The highest BCUT2D eigenvalue weighted by Crippen LogP contribution is 2.18. The first kappa shape index (κ1) is 12.3. The molecule has 0 aliphatic heterocycles. The van der Waals surface area contributed by atoms with Gasteiger partial charge in [-0.05, 0) is 20.8 Å². The van der Waals surface area contributed by atoms with Crippen LogP contribution < -0.4 is 11.1 Å². The van der Waals surface area contributed by atoms with Crippen LogP contribution in [0.3, 0.4) is 0 Å². The van der Waals surface area contributed by atoms with Crippen LogP contribution in [0.5, 0.6) is 0 Å². The van der Waals surface area contributed by atoms with Crippen molar-refractivity contribution in [2.75, 3.05) is 11.1 Å². The van der Waals surface area contributed by atoms with E-state index in [0.717, 1.165) is 22.6 Å². The van der Waals surface area contributed by atoms with Gasteiger partial charge in [0.1, 0.15) is 17.5 Å². The van der Waals surface area contributed by atoms with Gasteiger partial charge in [0, 0.05) is 30.9 Å². The molecule has 0 unspecified atom stereocenters. The van der Waals surface area contributed by atoms with Crippen molar-refractivity contribution in [3.63, 3.8) is 0 Å². The minimum absolute atomic E-state index is 0.521. The summed E-state index contributed by atoms with van der Waals surface area (Å²) in [5.74, 6) is 1.97. The monoisotopic (exact) mass is 246 g/mol. The molecule has 0 aliphatic carbocycles. The number of nitrogens with zero attached hydrogens (tertiary/aromatic N) is 4. The number of hydrogen-bond acceptors (Lipinski definition) is 5. The van der Waals surface area contributed by atoms with E-state index >= 15 is 0 Å². The molecule has 0 aromatic carbocycles. The molecule has 3 N–H and O–H groups in total. The van der Waals surface area contributed by atoms with E-state index in [0.29, 0.717) is 18.2 Å². The van der Waals surface area contributed by atoms with Gasteiger partial charge in [-0.1, -0.05) is 0 Å². The molecule has 2 aromatic heterocycles. The molecule has 0 saturated carbocycles. The van der Waals surface area contributed by atoms with Gasteiger partial charge >= 0.3 is 0 Å². The van der Waals surface area contributed by atoms with E-state index in [1.807, 2.05) is 34.0 Å². The van der Waals surface area contributed by atoms with E-state index < -0.39 is 0 Å². The summed E-state index contributed by atoms with van der Waals surface area (Å²) in [6.07, 6.45) is 2.00. The Morgan fingerprint density at radius 1 is 1.28 bits per heavy atom.